The van der Waals surface area contributed by atoms with Crippen LogP contribution in [0.3, 0.4) is 0 Å². The molecule has 0 unspecified atom stereocenters. The van der Waals surface area contributed by atoms with Crippen LogP contribution >= 0.6 is 21.7 Å². The molecule has 22 heteroatoms. The number of rotatable bonds is 11. The number of nitrogens with one attached hydrogen (secondary N) is 1. The van der Waals surface area contributed by atoms with E-state index in [9.17, 15) is 50.5 Å². The van der Waals surface area contributed by atoms with E-state index >= 15 is 0 Å². The van der Waals surface area contributed by atoms with Crippen LogP contribution < -0.4 is 10.1 Å². The molecule has 0 aliphatic heterocycles. The summed E-state index contributed by atoms with van der Waals surface area (Å²) in [6.07, 6.45) is 0. The van der Waals surface area contributed by atoms with Crippen molar-refractivity contribution in [1.29, 1.82) is 0 Å². The Morgan fingerprint density at radius 1 is 0.571 bits per heavy atom. The molecule has 0 saturated heterocycles. The fourth-order valence-corrected chi connectivity index (χ4v) is 7.01. The molecule has 0 aliphatic rings. The van der Waals surface area contributed by atoms with Gasteiger partial charge in [-0.25, -0.2) is 0 Å². The van der Waals surface area contributed by atoms with Crippen LogP contribution in [0.15, 0.2) is 136 Å². The Balaban J connectivity index is 1.37. The first-order chi connectivity index (χ1) is 26.4. The number of ether oxygens (including phenoxy) is 1. The predicted molar refractivity (Wildman–Crippen MR) is 210 cm³/mol. The van der Waals surface area contributed by atoms with Crippen molar-refractivity contribution >= 4 is 93.2 Å². The minimum absolute atomic E-state index is 0.00960. The third kappa shape index (κ3) is 8.53. The molecule has 6 aromatic rings. The zero-order valence-electron chi connectivity index (χ0n) is 28.8. The van der Waals surface area contributed by atoms with Gasteiger partial charge in [-0.15, -0.1) is 25.6 Å². The predicted octanol–water partition coefficient (Wildman–Crippen LogP) is 11.1. The largest absolute Gasteiger partial charge is 0.506 e. The number of azo groups is 3. The van der Waals surface area contributed by atoms with Gasteiger partial charge in [0.15, 0.2) is 5.75 Å². The topological polar surface area (TPSA) is 312 Å². The second kappa shape index (κ2) is 15.4. The lowest BCUT2D eigenvalue weighted by Gasteiger charge is -2.22. The summed E-state index contributed by atoms with van der Waals surface area (Å²) in [6.45, 7) is 0. The van der Waals surface area contributed by atoms with Crippen LogP contribution in [0.1, 0.15) is 0 Å². The maximum Gasteiger partial charge on any atom is 0.294 e. The summed E-state index contributed by atoms with van der Waals surface area (Å²) in [5.41, 5.74) is 0.500. The lowest BCUT2D eigenvalue weighted by Crippen LogP contribution is -1.97. The fraction of sp³-hybridized carbons (Fsp3) is 0.0588. The molecule has 0 aliphatic carbocycles. The molecule has 0 spiro atoms. The second-order valence-electron chi connectivity index (χ2n) is 11.7. The monoisotopic (exact) mass is 825 g/mol. The SMILES string of the molecule is CNc1ccc2cc(S(O)(O)O)c(N=Nc3cc(OC)c(N=Nc4ccc(N=Nc5ccc(S(O)(O)O)cc5)c5ccc(S(=O)(=O)O)cc45)cc3O)c(O)c2c1. The number of hydrogen-bond acceptors (Lipinski definition) is 18. The van der Waals surface area contributed by atoms with Gasteiger partial charge in [0.1, 0.15) is 50.3 Å². The average molecular weight is 826 g/mol. The van der Waals surface area contributed by atoms with Gasteiger partial charge in [0.25, 0.3) is 10.1 Å². The molecule has 6 aromatic carbocycles. The van der Waals surface area contributed by atoms with Gasteiger partial charge in [0.05, 0.1) is 38.9 Å². The Morgan fingerprint density at radius 2 is 1.20 bits per heavy atom. The number of methoxy groups -OCH3 is 1. The Bertz CT molecular complexity index is 2700. The van der Waals surface area contributed by atoms with Crippen LogP contribution in [0, 0.1) is 0 Å². The maximum absolute atomic E-state index is 12.0. The number of anilines is 1. The summed E-state index contributed by atoms with van der Waals surface area (Å²) in [7, 11) is -10.0. The fourth-order valence-electron chi connectivity index (χ4n) is 5.32. The van der Waals surface area contributed by atoms with Crippen LogP contribution in [0.5, 0.6) is 17.2 Å². The van der Waals surface area contributed by atoms with Gasteiger partial charge >= 0.3 is 0 Å². The van der Waals surface area contributed by atoms with E-state index < -0.39 is 58.8 Å². The molecule has 0 aromatic heterocycles. The molecule has 56 heavy (non-hydrogen) atoms. The van der Waals surface area contributed by atoms with Gasteiger partial charge in [-0.05, 0) is 72.1 Å². The number of benzene rings is 6. The molecule has 6 rings (SSSR count). The molecule has 0 atom stereocenters. The first-order valence-electron chi connectivity index (χ1n) is 15.7. The molecule has 0 radical (unpaired) electrons. The summed E-state index contributed by atoms with van der Waals surface area (Å²) < 4.78 is 97.9. The summed E-state index contributed by atoms with van der Waals surface area (Å²) in [6, 6.07) is 20.3. The lowest BCUT2D eigenvalue weighted by molar-refractivity contribution is 0.373. The quantitative estimate of drug-likeness (QED) is 0.0430. The first-order valence-corrected chi connectivity index (χ1v) is 20.1. The maximum atomic E-state index is 12.0. The molecule has 0 bridgehead atoms. The van der Waals surface area contributed by atoms with Crippen LogP contribution in [0.25, 0.3) is 21.5 Å². The van der Waals surface area contributed by atoms with E-state index in [0.717, 1.165) is 18.2 Å². The normalized spacial score (nSPS) is 13.4. The Labute approximate surface area is 320 Å². The Morgan fingerprint density at radius 3 is 1.82 bits per heavy atom. The summed E-state index contributed by atoms with van der Waals surface area (Å²) in [4.78, 5) is -1.09. The van der Waals surface area contributed by atoms with Gasteiger partial charge in [-0.2, -0.15) is 13.5 Å². The van der Waals surface area contributed by atoms with Crippen molar-refractivity contribution in [2.45, 2.75) is 14.7 Å². The summed E-state index contributed by atoms with van der Waals surface area (Å²) in [5.74, 6) is -1.03. The highest BCUT2D eigenvalue weighted by Gasteiger charge is 2.26. The van der Waals surface area contributed by atoms with Gasteiger partial charge in [0, 0.05) is 41.0 Å². The molecular formula is C34H31N7O12S3. The van der Waals surface area contributed by atoms with Crippen molar-refractivity contribution in [3.63, 3.8) is 0 Å². The average Bonchev–Trinajstić information content (AvgIpc) is 3.15. The van der Waals surface area contributed by atoms with Crippen LogP contribution in [0.4, 0.5) is 39.8 Å². The Hall–Kier alpha value is -5.79. The van der Waals surface area contributed by atoms with Crippen LogP contribution in [-0.2, 0) is 10.1 Å². The zero-order valence-corrected chi connectivity index (χ0v) is 31.3. The smallest absolute Gasteiger partial charge is 0.294 e. The highest BCUT2D eigenvalue weighted by atomic mass is 32.3. The van der Waals surface area contributed by atoms with E-state index in [2.05, 4.69) is 36.0 Å². The molecule has 292 valence electrons. The first kappa shape index (κ1) is 39.9. The molecule has 0 amide bonds. The van der Waals surface area contributed by atoms with Crippen LogP contribution in [0.2, 0.25) is 0 Å². The summed E-state index contributed by atoms with van der Waals surface area (Å²) in [5, 5.41) is 50.6. The van der Waals surface area contributed by atoms with E-state index in [1.54, 1.807) is 25.2 Å². The number of aromatic hydroxyl groups is 2. The highest BCUT2D eigenvalue weighted by Crippen LogP contribution is 2.55. The second-order valence-corrected chi connectivity index (χ2v) is 16.1. The van der Waals surface area contributed by atoms with Crippen molar-refractivity contribution in [1.82, 2.24) is 0 Å². The Kier molecular flexibility index (Phi) is 11.0. The van der Waals surface area contributed by atoms with Crippen molar-refractivity contribution in [3.8, 4) is 17.2 Å². The minimum atomic E-state index is -4.65. The van der Waals surface area contributed by atoms with Gasteiger partial charge in [0.2, 0.25) is 0 Å². The molecule has 0 saturated carbocycles. The third-order valence-corrected chi connectivity index (χ3v) is 10.8. The molecular weight excluding hydrogens is 795 g/mol. The van der Waals surface area contributed by atoms with Crippen molar-refractivity contribution in [2.75, 3.05) is 19.5 Å². The third-order valence-electron chi connectivity index (χ3n) is 8.10. The van der Waals surface area contributed by atoms with Gasteiger partial charge in [-0.3, -0.25) is 4.55 Å². The van der Waals surface area contributed by atoms with Gasteiger partial charge in [-0.1, -0.05) is 12.1 Å². The molecule has 19 nitrogen and oxygen atoms in total. The molecule has 0 fully saturated rings. The minimum Gasteiger partial charge on any atom is -0.506 e. The van der Waals surface area contributed by atoms with E-state index in [1.165, 1.54) is 61.7 Å². The molecule has 10 N–H and O–H groups in total. The number of phenols is 2. The van der Waals surface area contributed by atoms with Crippen molar-refractivity contribution in [3.05, 3.63) is 91.0 Å². The van der Waals surface area contributed by atoms with Gasteiger partial charge < -0.3 is 47.6 Å². The standard InChI is InChI=1S/C34H31N7O12S3/c1-35-20-4-3-18-13-32(56(50,51)52)33(34(43)24(18)14-20)41-39-28-17-31(53-2)29(16-30(28)42)40-38-27-12-11-26(23-10-9-22(15-25(23)27)55(47,48)49)37-36-19-5-7-21(8-6-19)54(44,45)46/h3-17,35,42-46,50-52H,1-2H3,(H,47,48,49). The highest BCUT2D eigenvalue weighted by molar-refractivity contribution is 8.19. The van der Waals surface area contributed by atoms with Crippen molar-refractivity contribution in [2.24, 2.45) is 30.7 Å². The number of phenolic OH excluding ortho intramolecular Hbond substituents is 2. The van der Waals surface area contributed by atoms with Crippen molar-refractivity contribution < 1.29 is 55.2 Å². The van der Waals surface area contributed by atoms with Crippen LogP contribution in [-0.4, -0.2) is 64.7 Å². The molecule has 0 heterocycles. The summed E-state index contributed by atoms with van der Waals surface area (Å²) >= 11 is 0. The van der Waals surface area contributed by atoms with E-state index in [-0.39, 0.29) is 49.9 Å². The van der Waals surface area contributed by atoms with E-state index in [4.69, 9.17) is 4.74 Å². The number of nitrogens with zero attached hydrogens (tertiary/aromatic N) is 6. The lowest BCUT2D eigenvalue weighted by atomic mass is 10.1. The van der Waals surface area contributed by atoms with E-state index in [0.29, 0.717) is 16.5 Å². The number of hydrogen-bond donors (Lipinski definition) is 10. The number of fused-ring (bicyclic) bond motifs is 2. The van der Waals surface area contributed by atoms with E-state index in [1.807, 2.05) is 0 Å². The zero-order chi connectivity index (χ0) is 40.6.